The van der Waals surface area contributed by atoms with E-state index in [1.165, 1.54) is 35.7 Å². The predicted octanol–water partition coefficient (Wildman–Crippen LogP) is 1.81. The third-order valence-electron chi connectivity index (χ3n) is 4.62. The number of benzene rings is 1. The highest BCUT2D eigenvalue weighted by Crippen LogP contribution is 2.25. The molecule has 0 unspecified atom stereocenters. The number of aryl methyl sites for hydroxylation is 1. The highest BCUT2D eigenvalue weighted by molar-refractivity contribution is 7.89. The fraction of sp³-hybridized carbons (Fsp3) is 0.389. The average Bonchev–Trinajstić information content (AvgIpc) is 3.12. The Balaban J connectivity index is 1.61. The van der Waals surface area contributed by atoms with Gasteiger partial charge in [0.25, 0.3) is 0 Å². The number of methoxy groups -OCH3 is 1. The lowest BCUT2D eigenvalue weighted by Crippen LogP contribution is -2.41. The molecular weight excluding hydrogens is 386 g/mol. The van der Waals surface area contributed by atoms with Gasteiger partial charge in [-0.2, -0.15) is 4.31 Å². The number of anilines is 1. The third kappa shape index (κ3) is 4.23. The van der Waals surface area contributed by atoms with Crippen molar-refractivity contribution in [1.82, 2.24) is 9.46 Å². The van der Waals surface area contributed by atoms with Crippen LogP contribution < -0.4 is 5.32 Å². The molecule has 10 heteroatoms. The number of nitrogens with one attached hydrogen (secondary N) is 1. The summed E-state index contributed by atoms with van der Waals surface area (Å²) in [5.74, 6) is -0.0892. The van der Waals surface area contributed by atoms with Crippen molar-refractivity contribution in [2.75, 3.05) is 25.5 Å². The number of hydrogen-bond acceptors (Lipinski definition) is 7. The molecular formula is C18H21N3O6S. The number of esters is 1. The molecule has 1 aliphatic rings. The van der Waals surface area contributed by atoms with E-state index in [-0.39, 0.29) is 35.4 Å². The number of sulfonamides is 1. The SMILES string of the molecule is COC(=O)c1ccc(S(=O)(=O)N2CCC(C(=O)Nc3cc(C)on3)CC2)cc1. The predicted molar refractivity (Wildman–Crippen MR) is 99.1 cm³/mol. The van der Waals surface area contributed by atoms with Crippen LogP contribution in [0, 0.1) is 12.8 Å². The van der Waals surface area contributed by atoms with Crippen molar-refractivity contribution in [2.45, 2.75) is 24.7 Å². The summed E-state index contributed by atoms with van der Waals surface area (Å²) in [6.07, 6.45) is 0.810. The van der Waals surface area contributed by atoms with E-state index in [1.807, 2.05) is 0 Å². The summed E-state index contributed by atoms with van der Waals surface area (Å²) in [7, 11) is -2.43. The molecule has 1 aromatic heterocycles. The first-order valence-electron chi connectivity index (χ1n) is 8.74. The van der Waals surface area contributed by atoms with Gasteiger partial charge in [0, 0.05) is 25.1 Å². The van der Waals surface area contributed by atoms with Crippen molar-refractivity contribution < 1.29 is 27.3 Å². The number of rotatable bonds is 5. The standard InChI is InChI=1S/C18H21N3O6S/c1-12-11-16(20-27-12)19-17(22)13-7-9-21(10-8-13)28(24,25)15-5-3-14(4-6-15)18(23)26-2/h3-6,11,13H,7-10H2,1-2H3,(H,19,20,22). The number of ether oxygens (including phenoxy) is 1. The molecule has 150 valence electrons. The third-order valence-corrected chi connectivity index (χ3v) is 6.53. The minimum atomic E-state index is -3.69. The first kappa shape index (κ1) is 20.0. The summed E-state index contributed by atoms with van der Waals surface area (Å²) < 4.78 is 36.5. The Bertz CT molecular complexity index is 959. The number of piperidine rings is 1. The minimum absolute atomic E-state index is 0.0983. The smallest absolute Gasteiger partial charge is 0.337 e. The van der Waals surface area contributed by atoms with Crippen LogP contribution in [0.25, 0.3) is 0 Å². The first-order chi connectivity index (χ1) is 13.3. The second-order valence-electron chi connectivity index (χ2n) is 6.51. The van der Waals surface area contributed by atoms with E-state index >= 15 is 0 Å². The van der Waals surface area contributed by atoms with Crippen molar-refractivity contribution in [1.29, 1.82) is 0 Å². The van der Waals surface area contributed by atoms with Gasteiger partial charge < -0.3 is 14.6 Å². The van der Waals surface area contributed by atoms with E-state index in [1.54, 1.807) is 13.0 Å². The van der Waals surface area contributed by atoms with Crippen LogP contribution in [0.15, 0.2) is 39.8 Å². The second kappa shape index (κ2) is 8.11. The van der Waals surface area contributed by atoms with E-state index in [9.17, 15) is 18.0 Å². The molecule has 0 spiro atoms. The molecule has 0 aliphatic carbocycles. The van der Waals surface area contributed by atoms with Crippen molar-refractivity contribution >= 4 is 27.7 Å². The molecule has 1 N–H and O–H groups in total. The van der Waals surface area contributed by atoms with Crippen LogP contribution in [0.1, 0.15) is 29.0 Å². The zero-order chi connectivity index (χ0) is 20.3. The van der Waals surface area contributed by atoms with E-state index in [2.05, 4.69) is 15.2 Å². The van der Waals surface area contributed by atoms with Gasteiger partial charge in [-0.05, 0) is 44.0 Å². The number of aromatic nitrogens is 1. The summed E-state index contributed by atoms with van der Waals surface area (Å²) in [5.41, 5.74) is 0.278. The van der Waals surface area contributed by atoms with Crippen LogP contribution in [-0.2, 0) is 19.6 Å². The van der Waals surface area contributed by atoms with Gasteiger partial charge in [-0.25, -0.2) is 13.2 Å². The van der Waals surface area contributed by atoms with Crippen LogP contribution in [-0.4, -0.2) is 50.0 Å². The molecule has 28 heavy (non-hydrogen) atoms. The van der Waals surface area contributed by atoms with Crippen molar-refractivity contribution in [3.8, 4) is 0 Å². The molecule has 1 fully saturated rings. The molecule has 0 radical (unpaired) electrons. The Morgan fingerprint density at radius 1 is 1.21 bits per heavy atom. The Morgan fingerprint density at radius 3 is 2.39 bits per heavy atom. The number of amides is 1. The quantitative estimate of drug-likeness (QED) is 0.751. The monoisotopic (exact) mass is 407 g/mol. The molecule has 3 rings (SSSR count). The summed E-state index contributed by atoms with van der Waals surface area (Å²) >= 11 is 0. The molecule has 0 bridgehead atoms. The van der Waals surface area contributed by atoms with Crippen LogP contribution in [0.2, 0.25) is 0 Å². The summed E-state index contributed by atoms with van der Waals surface area (Å²) in [6.45, 7) is 2.19. The van der Waals surface area contributed by atoms with Crippen LogP contribution >= 0.6 is 0 Å². The normalized spacial score (nSPS) is 15.9. The average molecular weight is 407 g/mol. The van der Waals surface area contributed by atoms with Gasteiger partial charge in [-0.3, -0.25) is 4.79 Å². The number of hydrogen-bond donors (Lipinski definition) is 1. The fourth-order valence-corrected chi connectivity index (χ4v) is 4.51. The molecule has 1 amide bonds. The van der Waals surface area contributed by atoms with Crippen molar-refractivity contribution in [3.63, 3.8) is 0 Å². The molecule has 0 atom stereocenters. The molecule has 2 aromatic rings. The molecule has 1 aliphatic heterocycles. The highest BCUT2D eigenvalue weighted by atomic mass is 32.2. The van der Waals surface area contributed by atoms with Gasteiger partial charge in [0.05, 0.1) is 17.6 Å². The summed E-state index contributed by atoms with van der Waals surface area (Å²) in [4.78, 5) is 23.9. The number of nitrogens with zero attached hydrogens (tertiary/aromatic N) is 2. The largest absolute Gasteiger partial charge is 0.465 e. The Morgan fingerprint density at radius 2 is 1.86 bits per heavy atom. The lowest BCUT2D eigenvalue weighted by Gasteiger charge is -2.30. The van der Waals surface area contributed by atoms with Gasteiger partial charge in [0.1, 0.15) is 5.76 Å². The van der Waals surface area contributed by atoms with Gasteiger partial charge in [0.2, 0.25) is 15.9 Å². The Kier molecular flexibility index (Phi) is 5.80. The fourth-order valence-electron chi connectivity index (χ4n) is 3.04. The molecule has 1 aromatic carbocycles. The van der Waals surface area contributed by atoms with E-state index in [0.717, 1.165) is 0 Å². The lowest BCUT2D eigenvalue weighted by molar-refractivity contribution is -0.120. The first-order valence-corrected chi connectivity index (χ1v) is 10.2. The number of carbonyl (C=O) groups excluding carboxylic acids is 2. The number of carbonyl (C=O) groups is 2. The van der Waals surface area contributed by atoms with E-state index < -0.39 is 16.0 Å². The van der Waals surface area contributed by atoms with E-state index in [4.69, 9.17) is 4.52 Å². The minimum Gasteiger partial charge on any atom is -0.465 e. The Labute approximate surface area is 162 Å². The van der Waals surface area contributed by atoms with Gasteiger partial charge in [-0.1, -0.05) is 5.16 Å². The second-order valence-corrected chi connectivity index (χ2v) is 8.44. The molecule has 9 nitrogen and oxygen atoms in total. The van der Waals surface area contributed by atoms with Crippen LogP contribution in [0.5, 0.6) is 0 Å². The molecule has 1 saturated heterocycles. The van der Waals surface area contributed by atoms with Crippen molar-refractivity contribution in [3.05, 3.63) is 41.7 Å². The van der Waals surface area contributed by atoms with Crippen LogP contribution in [0.4, 0.5) is 5.82 Å². The lowest BCUT2D eigenvalue weighted by atomic mass is 9.97. The van der Waals surface area contributed by atoms with E-state index in [0.29, 0.717) is 24.4 Å². The maximum absolute atomic E-state index is 12.8. The zero-order valence-electron chi connectivity index (χ0n) is 15.5. The van der Waals surface area contributed by atoms with Gasteiger partial charge in [-0.15, -0.1) is 0 Å². The summed E-state index contributed by atoms with van der Waals surface area (Å²) in [6, 6.07) is 7.22. The summed E-state index contributed by atoms with van der Waals surface area (Å²) in [5, 5.41) is 6.41. The van der Waals surface area contributed by atoms with Gasteiger partial charge >= 0.3 is 5.97 Å². The van der Waals surface area contributed by atoms with Crippen LogP contribution in [0.3, 0.4) is 0 Å². The highest BCUT2D eigenvalue weighted by Gasteiger charge is 2.32. The molecule has 2 heterocycles. The molecule has 0 saturated carbocycles. The van der Waals surface area contributed by atoms with Gasteiger partial charge in [0.15, 0.2) is 5.82 Å². The van der Waals surface area contributed by atoms with Crippen molar-refractivity contribution in [2.24, 2.45) is 5.92 Å². The Hall–Kier alpha value is -2.72. The maximum atomic E-state index is 12.8. The zero-order valence-corrected chi connectivity index (χ0v) is 16.4. The topological polar surface area (TPSA) is 119 Å². The maximum Gasteiger partial charge on any atom is 0.337 e.